The molecule has 16 heteroatoms. The molecule has 0 spiro atoms. The number of halogens is 3. The minimum absolute atomic E-state index is 0.0907. The Hall–Kier alpha value is -10.5. The summed E-state index contributed by atoms with van der Waals surface area (Å²) in [7, 11) is -1.66. The summed E-state index contributed by atoms with van der Waals surface area (Å²) in [4.78, 5) is 65.1. The van der Waals surface area contributed by atoms with Gasteiger partial charge >= 0.3 is 30.1 Å². The maximum absolute atomic E-state index is 14.4. The van der Waals surface area contributed by atoms with Gasteiger partial charge < -0.3 is 28.4 Å². The topological polar surface area (TPSA) is 124 Å². The third kappa shape index (κ3) is 14.1. The molecule has 2 bridgehead atoms. The molecular formula is C85H66F3O10S3+3. The lowest BCUT2D eigenvalue weighted by atomic mass is 9.78. The summed E-state index contributed by atoms with van der Waals surface area (Å²) >= 11 is 0. The van der Waals surface area contributed by atoms with Crippen LogP contribution in [-0.4, -0.2) is 62.1 Å². The van der Waals surface area contributed by atoms with Crippen LogP contribution < -0.4 is 14.2 Å². The third-order valence-corrected chi connectivity index (χ3v) is 25.4. The Labute approximate surface area is 591 Å². The van der Waals surface area contributed by atoms with Crippen molar-refractivity contribution < 1.29 is 60.8 Å². The van der Waals surface area contributed by atoms with Gasteiger partial charge in [0.25, 0.3) is 0 Å². The van der Waals surface area contributed by atoms with Gasteiger partial charge in [0.05, 0.1) is 44.5 Å². The molecule has 0 amide bonds. The van der Waals surface area contributed by atoms with E-state index in [-0.39, 0.29) is 30.9 Å². The molecule has 11 aromatic rings. The number of esters is 4. The molecule has 1 heterocycles. The van der Waals surface area contributed by atoms with Gasteiger partial charge in [0.15, 0.2) is 50.7 Å². The smallest absolute Gasteiger partial charge is 0.422 e. The molecule has 9 unspecified atom stereocenters. The minimum Gasteiger partial charge on any atom is -0.490 e. The van der Waals surface area contributed by atoms with Gasteiger partial charge in [0.1, 0.15) is 48.6 Å². The van der Waals surface area contributed by atoms with E-state index in [0.717, 1.165) is 83.0 Å². The Morgan fingerprint density at radius 2 is 0.911 bits per heavy atom. The molecule has 9 atom stereocenters. The van der Waals surface area contributed by atoms with E-state index in [9.17, 15) is 32.3 Å². The van der Waals surface area contributed by atoms with Crippen LogP contribution in [-0.2, 0) is 66.1 Å². The summed E-state index contributed by atoms with van der Waals surface area (Å²) in [6.07, 6.45) is -3.67. The first-order chi connectivity index (χ1) is 49.3. The van der Waals surface area contributed by atoms with Crippen molar-refractivity contribution in [1.29, 1.82) is 0 Å². The second-order valence-corrected chi connectivity index (χ2v) is 31.1. The van der Waals surface area contributed by atoms with E-state index in [1.807, 2.05) is 164 Å². The molecule has 11 aromatic carbocycles. The standard InChI is InChI=1S/C85H66F3O10S3/c1-54(50-55-16-15-23-69(51-55)101(63-21-9-4-10-22-63)68-42-32-58(33-43-68)93-48-49-94-82(90)76-72-26-13-11-24-70(72)71-25-12-14-27-73(71)76)81(89)97-79-74-52-75-78(84(92)98-80(75)79)77(74)83(91)96-60-36-46-67(47-37-60)100(62-19-7-3-8-20-62)65-40-30-57(31-41-65)56-28-38-64(39-29-56)99(61-17-5-2-6-18-61)66-44-34-59(35-45-66)95-53-85(86,87)88/h2-47,50-51,74-80H,48-49,52-53H2,1H3/q+3/b54-50-. The number of carbonyl (C=O) groups excluding carboxylic acids is 4. The van der Waals surface area contributed by atoms with Gasteiger partial charge in [-0.2, -0.15) is 13.2 Å². The van der Waals surface area contributed by atoms with Crippen LogP contribution >= 0.6 is 0 Å². The zero-order valence-corrected chi connectivity index (χ0v) is 57.0. The Morgan fingerprint density at radius 3 is 1.42 bits per heavy atom. The maximum Gasteiger partial charge on any atom is 0.422 e. The quantitative estimate of drug-likeness (QED) is 0.0162. The number of ether oxygens (including phenoxy) is 6. The summed E-state index contributed by atoms with van der Waals surface area (Å²) in [5.41, 5.74) is 7.15. The largest absolute Gasteiger partial charge is 0.490 e. The molecule has 0 radical (unpaired) electrons. The van der Waals surface area contributed by atoms with E-state index in [2.05, 4.69) is 97.1 Å². The molecule has 10 nitrogen and oxygen atoms in total. The fraction of sp³-hybridized carbons (Fsp3) is 0.153. The lowest BCUT2D eigenvalue weighted by Gasteiger charge is -2.30. The number of rotatable bonds is 22. The maximum atomic E-state index is 14.4. The predicted molar refractivity (Wildman–Crippen MR) is 383 cm³/mol. The number of fused-ring (bicyclic) bond motifs is 4. The van der Waals surface area contributed by atoms with Crippen LogP contribution in [0.4, 0.5) is 13.2 Å². The van der Waals surface area contributed by atoms with E-state index in [1.54, 1.807) is 37.3 Å². The fourth-order valence-electron chi connectivity index (χ4n) is 14.3. The Balaban J connectivity index is 0.589. The fourth-order valence-corrected chi connectivity index (χ4v) is 20.6. The molecule has 1 saturated heterocycles. The van der Waals surface area contributed by atoms with Crippen LogP contribution in [0.1, 0.15) is 36.0 Å². The molecule has 3 aliphatic carbocycles. The van der Waals surface area contributed by atoms with E-state index in [1.165, 1.54) is 0 Å². The van der Waals surface area contributed by atoms with Crippen molar-refractivity contribution in [3.8, 4) is 39.5 Å². The van der Waals surface area contributed by atoms with Crippen molar-refractivity contribution in [1.82, 2.24) is 0 Å². The van der Waals surface area contributed by atoms with Crippen LogP contribution in [0.25, 0.3) is 28.3 Å². The van der Waals surface area contributed by atoms with Crippen LogP contribution in [0.2, 0.25) is 0 Å². The van der Waals surface area contributed by atoms with Crippen molar-refractivity contribution in [3.63, 3.8) is 0 Å². The second-order valence-electron chi connectivity index (χ2n) is 25.1. The highest BCUT2D eigenvalue weighted by atomic mass is 32.2. The van der Waals surface area contributed by atoms with Crippen LogP contribution in [0.5, 0.6) is 17.2 Å². The summed E-state index contributed by atoms with van der Waals surface area (Å²) in [5.74, 6) is -3.68. The molecule has 502 valence electrons. The Bertz CT molecular complexity index is 4800. The molecule has 4 aliphatic rings. The van der Waals surface area contributed by atoms with Gasteiger partial charge in [0.2, 0.25) is 0 Å². The van der Waals surface area contributed by atoms with E-state index >= 15 is 0 Å². The van der Waals surface area contributed by atoms with E-state index in [4.69, 9.17) is 28.4 Å². The Morgan fingerprint density at radius 1 is 0.475 bits per heavy atom. The van der Waals surface area contributed by atoms with Crippen LogP contribution in [0, 0.1) is 23.7 Å². The van der Waals surface area contributed by atoms with E-state index in [0.29, 0.717) is 23.5 Å². The van der Waals surface area contributed by atoms with Gasteiger partial charge in [-0.15, -0.1) is 0 Å². The predicted octanol–water partition coefficient (Wildman–Crippen LogP) is 18.0. The zero-order valence-electron chi connectivity index (χ0n) is 54.5. The van der Waals surface area contributed by atoms with Gasteiger partial charge in [-0.1, -0.05) is 115 Å². The zero-order chi connectivity index (χ0) is 69.1. The summed E-state index contributed by atoms with van der Waals surface area (Å²) < 4.78 is 73.9. The first kappa shape index (κ1) is 66.4. The van der Waals surface area contributed by atoms with Gasteiger partial charge in [-0.05, 0) is 222 Å². The number of hydrogen-bond acceptors (Lipinski definition) is 10. The third-order valence-electron chi connectivity index (χ3n) is 18.8. The number of alkyl halides is 3. The first-order valence-electron chi connectivity index (χ1n) is 33.2. The van der Waals surface area contributed by atoms with Gasteiger partial charge in [0, 0.05) is 23.5 Å². The van der Waals surface area contributed by atoms with Crippen molar-refractivity contribution >= 4 is 62.6 Å². The van der Waals surface area contributed by atoms with Gasteiger partial charge in [-0.3, -0.25) is 14.4 Å². The minimum atomic E-state index is -4.43. The van der Waals surface area contributed by atoms with Crippen molar-refractivity contribution in [2.75, 3.05) is 19.8 Å². The highest BCUT2D eigenvalue weighted by Crippen LogP contribution is 2.59. The SMILES string of the molecule is C/C(=C/c1cccc([S+](c2ccccc2)c2ccc(OCCOC(=O)C3c4ccccc4-c4ccccc43)cc2)c1)C(=O)OC1C2CC3C1OC(=O)C3C2C(=O)Oc1ccc([S+](c2ccccc2)c2ccc(-c3ccc([S+](c4ccccc4)c4ccc(OCC(F)(F)F)cc4)cc3)cc2)cc1. The van der Waals surface area contributed by atoms with E-state index < -0.39 is 99.3 Å². The Kier molecular flexibility index (Phi) is 19.0. The number of carbonyl (C=O) groups is 4. The molecule has 0 N–H and O–H groups in total. The van der Waals surface area contributed by atoms with Crippen molar-refractivity contribution in [2.45, 2.75) is 81.7 Å². The van der Waals surface area contributed by atoms with Crippen molar-refractivity contribution in [3.05, 3.63) is 307 Å². The molecule has 1 aliphatic heterocycles. The highest BCUT2D eigenvalue weighted by molar-refractivity contribution is 7.97. The molecular weight excluding hydrogens is 1330 g/mol. The molecule has 3 fully saturated rings. The first-order valence-corrected chi connectivity index (χ1v) is 36.9. The van der Waals surface area contributed by atoms with Gasteiger partial charge in [-0.25, -0.2) is 4.79 Å². The average Bonchev–Trinajstić information content (AvgIpc) is 1.55. The van der Waals surface area contributed by atoms with Crippen molar-refractivity contribution in [2.24, 2.45) is 23.7 Å². The number of hydrogen-bond donors (Lipinski definition) is 0. The highest BCUT2D eigenvalue weighted by Gasteiger charge is 2.70. The summed E-state index contributed by atoms with van der Waals surface area (Å²) in [6.45, 7) is 0.615. The lowest BCUT2D eigenvalue weighted by Crippen LogP contribution is -2.44. The summed E-state index contributed by atoms with van der Waals surface area (Å²) in [5, 5.41) is 0. The normalized spacial score (nSPS) is 18.9. The molecule has 101 heavy (non-hydrogen) atoms. The second kappa shape index (κ2) is 29.0. The molecule has 0 aromatic heterocycles. The lowest BCUT2D eigenvalue weighted by molar-refractivity contribution is -0.160. The summed E-state index contributed by atoms with van der Waals surface area (Å²) in [6, 6.07) is 93.5. The monoisotopic (exact) mass is 1400 g/mol. The average molecular weight is 1400 g/mol. The molecule has 2 saturated carbocycles. The van der Waals surface area contributed by atoms with Crippen LogP contribution in [0.15, 0.2) is 335 Å². The molecule has 15 rings (SSSR count). The number of benzene rings is 11. The van der Waals surface area contributed by atoms with Crippen LogP contribution in [0.3, 0.4) is 0 Å².